The van der Waals surface area contributed by atoms with Gasteiger partial charge in [0.25, 0.3) is 5.89 Å². The van der Waals surface area contributed by atoms with Gasteiger partial charge in [0.2, 0.25) is 15.9 Å². The van der Waals surface area contributed by atoms with E-state index in [1.54, 1.807) is 13.8 Å². The molecule has 1 saturated carbocycles. The van der Waals surface area contributed by atoms with Crippen molar-refractivity contribution in [3.8, 4) is 11.5 Å². The van der Waals surface area contributed by atoms with E-state index in [1.165, 1.54) is 0 Å². The highest BCUT2D eigenvalue weighted by atomic mass is 32.2. The van der Waals surface area contributed by atoms with Gasteiger partial charge in [0.15, 0.2) is 0 Å². The first kappa shape index (κ1) is 17.0. The third kappa shape index (κ3) is 3.17. The quantitative estimate of drug-likeness (QED) is 0.693. The fraction of sp³-hybridized carbons (Fsp3) is 0.333. The van der Waals surface area contributed by atoms with Crippen molar-refractivity contribution in [1.82, 2.24) is 19.9 Å². The van der Waals surface area contributed by atoms with E-state index in [2.05, 4.69) is 19.9 Å². The number of nitrogens with one attached hydrogen (secondary N) is 2. The van der Waals surface area contributed by atoms with Gasteiger partial charge < -0.3 is 9.40 Å². The van der Waals surface area contributed by atoms with E-state index in [9.17, 15) is 8.42 Å². The van der Waals surface area contributed by atoms with Crippen LogP contribution in [0.15, 0.2) is 39.6 Å². The standard InChI is InChI=1S/C18H20N4O3S/c1-11-15(18-22-21-17(25-18)14-8-9-14)16(12(2)20-11)26(23,24)19-10-13-6-4-3-5-7-13/h3-7,14,19-20H,8-10H2,1-2H3. The first-order valence-corrected chi connectivity index (χ1v) is 10.0. The van der Waals surface area contributed by atoms with Crippen LogP contribution in [0.25, 0.3) is 11.5 Å². The molecule has 0 unspecified atom stereocenters. The van der Waals surface area contributed by atoms with Crippen molar-refractivity contribution in [2.75, 3.05) is 0 Å². The molecule has 26 heavy (non-hydrogen) atoms. The largest absolute Gasteiger partial charge is 0.420 e. The maximum atomic E-state index is 13.0. The molecule has 0 amide bonds. The molecule has 1 aliphatic rings. The van der Waals surface area contributed by atoms with Gasteiger partial charge in [-0.3, -0.25) is 0 Å². The number of aryl methyl sites for hydroxylation is 2. The van der Waals surface area contributed by atoms with E-state index in [0.29, 0.717) is 28.8 Å². The monoisotopic (exact) mass is 372 g/mol. The minimum atomic E-state index is -3.75. The Balaban J connectivity index is 1.68. The van der Waals surface area contributed by atoms with Crippen molar-refractivity contribution < 1.29 is 12.8 Å². The number of aromatic nitrogens is 3. The highest BCUT2D eigenvalue weighted by Gasteiger charge is 2.32. The SMILES string of the molecule is Cc1[nH]c(C)c(S(=O)(=O)NCc2ccccc2)c1-c1nnc(C2CC2)o1. The summed E-state index contributed by atoms with van der Waals surface area (Å²) in [5.74, 6) is 1.14. The first-order valence-electron chi connectivity index (χ1n) is 8.52. The maximum absolute atomic E-state index is 13.0. The molecular formula is C18H20N4O3S. The van der Waals surface area contributed by atoms with Crippen molar-refractivity contribution in [3.63, 3.8) is 0 Å². The molecule has 4 rings (SSSR count). The van der Waals surface area contributed by atoms with E-state index in [4.69, 9.17) is 4.42 Å². The van der Waals surface area contributed by atoms with E-state index in [0.717, 1.165) is 18.4 Å². The van der Waals surface area contributed by atoms with Crippen LogP contribution in [0, 0.1) is 13.8 Å². The van der Waals surface area contributed by atoms with Crippen molar-refractivity contribution >= 4 is 10.0 Å². The van der Waals surface area contributed by atoms with E-state index in [1.807, 2.05) is 30.3 Å². The zero-order chi connectivity index (χ0) is 18.3. The number of rotatable bonds is 6. The molecule has 0 bridgehead atoms. The van der Waals surface area contributed by atoms with E-state index < -0.39 is 10.0 Å². The van der Waals surface area contributed by atoms with Gasteiger partial charge in [-0.15, -0.1) is 10.2 Å². The summed E-state index contributed by atoms with van der Waals surface area (Å²) in [5.41, 5.74) is 2.57. The molecule has 1 aliphatic carbocycles. The number of benzene rings is 1. The minimum absolute atomic E-state index is 0.164. The molecule has 7 nitrogen and oxygen atoms in total. The lowest BCUT2D eigenvalue weighted by molar-refractivity contribution is 0.506. The third-order valence-electron chi connectivity index (χ3n) is 4.48. The highest BCUT2D eigenvalue weighted by molar-refractivity contribution is 7.89. The Morgan fingerprint density at radius 1 is 1.15 bits per heavy atom. The molecule has 1 fully saturated rings. The van der Waals surface area contributed by atoms with Crippen LogP contribution >= 0.6 is 0 Å². The van der Waals surface area contributed by atoms with Crippen LogP contribution in [0.3, 0.4) is 0 Å². The summed E-state index contributed by atoms with van der Waals surface area (Å²) >= 11 is 0. The molecule has 0 saturated heterocycles. The third-order valence-corrected chi connectivity index (χ3v) is 6.05. The Morgan fingerprint density at radius 2 is 1.88 bits per heavy atom. The molecule has 2 heterocycles. The number of nitrogens with zero attached hydrogens (tertiary/aromatic N) is 2. The summed E-state index contributed by atoms with van der Waals surface area (Å²) in [4.78, 5) is 3.25. The molecule has 1 aromatic carbocycles. The van der Waals surface area contributed by atoms with Gasteiger partial charge in [-0.2, -0.15) is 0 Å². The zero-order valence-electron chi connectivity index (χ0n) is 14.6. The predicted molar refractivity (Wildman–Crippen MR) is 96.0 cm³/mol. The van der Waals surface area contributed by atoms with Crippen LogP contribution in [0.2, 0.25) is 0 Å². The molecule has 0 atom stereocenters. The number of hydrogen-bond donors (Lipinski definition) is 2. The molecule has 2 N–H and O–H groups in total. The Morgan fingerprint density at radius 3 is 2.58 bits per heavy atom. The van der Waals surface area contributed by atoms with Gasteiger partial charge in [0.1, 0.15) is 4.90 Å². The molecule has 0 spiro atoms. The number of H-pyrrole nitrogens is 1. The Kier molecular flexibility index (Phi) is 4.16. The lowest BCUT2D eigenvalue weighted by atomic mass is 10.2. The van der Waals surface area contributed by atoms with Crippen LogP contribution in [-0.2, 0) is 16.6 Å². The van der Waals surface area contributed by atoms with Crippen molar-refractivity contribution in [2.24, 2.45) is 0 Å². The van der Waals surface area contributed by atoms with Gasteiger partial charge in [-0.1, -0.05) is 30.3 Å². The summed E-state index contributed by atoms with van der Waals surface area (Å²) in [6.45, 7) is 3.74. The summed E-state index contributed by atoms with van der Waals surface area (Å²) in [5, 5.41) is 8.16. The Bertz CT molecular complexity index is 1030. The van der Waals surface area contributed by atoms with Gasteiger partial charge in [-0.05, 0) is 32.3 Å². The predicted octanol–water partition coefficient (Wildman–Crippen LogP) is 3.04. The van der Waals surface area contributed by atoms with Crippen LogP contribution in [0.5, 0.6) is 0 Å². The highest BCUT2D eigenvalue weighted by Crippen LogP contribution is 2.41. The van der Waals surface area contributed by atoms with Crippen LogP contribution in [-0.4, -0.2) is 23.6 Å². The van der Waals surface area contributed by atoms with E-state index in [-0.39, 0.29) is 17.3 Å². The van der Waals surface area contributed by atoms with Crippen molar-refractivity contribution in [3.05, 3.63) is 53.2 Å². The first-order chi connectivity index (χ1) is 12.5. The second-order valence-corrected chi connectivity index (χ2v) is 8.31. The molecule has 0 aliphatic heterocycles. The topological polar surface area (TPSA) is 101 Å². The molecular weight excluding hydrogens is 352 g/mol. The number of sulfonamides is 1. The molecule has 136 valence electrons. The van der Waals surface area contributed by atoms with Crippen molar-refractivity contribution in [1.29, 1.82) is 0 Å². The van der Waals surface area contributed by atoms with Crippen LogP contribution in [0.4, 0.5) is 0 Å². The fourth-order valence-electron chi connectivity index (χ4n) is 3.03. The Hall–Kier alpha value is -2.45. The smallest absolute Gasteiger partial charge is 0.250 e. The molecule has 3 aromatic rings. The van der Waals surface area contributed by atoms with E-state index >= 15 is 0 Å². The van der Waals surface area contributed by atoms with Crippen molar-refractivity contribution in [2.45, 2.75) is 44.0 Å². The minimum Gasteiger partial charge on any atom is -0.420 e. The number of aromatic amines is 1. The second-order valence-electron chi connectivity index (χ2n) is 6.61. The molecule has 0 radical (unpaired) electrons. The lowest BCUT2D eigenvalue weighted by Gasteiger charge is -2.08. The summed E-state index contributed by atoms with van der Waals surface area (Å²) in [6.07, 6.45) is 2.08. The van der Waals surface area contributed by atoms with Crippen LogP contribution in [0.1, 0.15) is 41.6 Å². The average molecular weight is 372 g/mol. The number of hydrogen-bond acceptors (Lipinski definition) is 5. The normalized spacial score (nSPS) is 14.7. The lowest BCUT2D eigenvalue weighted by Crippen LogP contribution is -2.24. The zero-order valence-corrected chi connectivity index (χ0v) is 15.4. The van der Waals surface area contributed by atoms with Gasteiger partial charge in [-0.25, -0.2) is 13.1 Å². The summed E-state index contributed by atoms with van der Waals surface area (Å²) in [7, 11) is -3.75. The molecule has 2 aromatic heterocycles. The van der Waals surface area contributed by atoms with Crippen LogP contribution < -0.4 is 4.72 Å². The maximum Gasteiger partial charge on any atom is 0.250 e. The van der Waals surface area contributed by atoms with Gasteiger partial charge >= 0.3 is 0 Å². The summed E-state index contributed by atoms with van der Waals surface area (Å²) < 4.78 is 34.3. The van der Waals surface area contributed by atoms with Gasteiger partial charge in [0, 0.05) is 23.9 Å². The van der Waals surface area contributed by atoms with Gasteiger partial charge in [0.05, 0.1) is 5.56 Å². The fourth-order valence-corrected chi connectivity index (χ4v) is 4.49. The summed E-state index contributed by atoms with van der Waals surface area (Å²) in [6, 6.07) is 9.39. The average Bonchev–Trinajstić information content (AvgIpc) is 3.27. The second kappa shape index (κ2) is 6.37. The molecule has 8 heteroatoms. The Labute approximate surface area is 151 Å².